The number of hydrogen-bond donors (Lipinski definition) is 1. The maximum Gasteiger partial charge on any atom is 0.341 e. The number of fused-ring (bicyclic) bond motifs is 1. The first-order valence-electron chi connectivity index (χ1n) is 11.9. The third-order valence-corrected chi connectivity index (χ3v) is 8.00. The van der Waals surface area contributed by atoms with Crippen molar-refractivity contribution in [1.82, 2.24) is 14.8 Å². The molecule has 0 aliphatic heterocycles. The van der Waals surface area contributed by atoms with E-state index in [1.165, 1.54) is 33.5 Å². The van der Waals surface area contributed by atoms with Gasteiger partial charge in [-0.2, -0.15) is 0 Å². The zero-order valence-electron chi connectivity index (χ0n) is 20.1. The highest BCUT2D eigenvalue weighted by Crippen LogP contribution is 2.38. The van der Waals surface area contributed by atoms with Gasteiger partial charge >= 0.3 is 5.97 Å². The lowest BCUT2D eigenvalue weighted by Crippen LogP contribution is -2.17. The number of anilines is 1. The Morgan fingerprint density at radius 2 is 1.97 bits per heavy atom. The molecule has 2 aromatic heterocycles. The molecule has 0 radical (unpaired) electrons. The lowest BCUT2D eigenvalue weighted by molar-refractivity contribution is -0.113. The van der Waals surface area contributed by atoms with Crippen molar-refractivity contribution in [1.29, 1.82) is 0 Å². The van der Waals surface area contributed by atoms with E-state index in [2.05, 4.69) is 22.1 Å². The van der Waals surface area contributed by atoms with Crippen molar-refractivity contribution in [2.45, 2.75) is 57.7 Å². The summed E-state index contributed by atoms with van der Waals surface area (Å²) in [5.74, 6) is 0.332. The number of nitrogens with one attached hydrogen (secondary N) is 1. The highest BCUT2D eigenvalue weighted by molar-refractivity contribution is 7.99. The van der Waals surface area contributed by atoms with E-state index in [4.69, 9.17) is 4.74 Å². The molecular weight excluding hydrogens is 480 g/mol. The quantitative estimate of drug-likeness (QED) is 0.173. The lowest BCUT2D eigenvalue weighted by Gasteiger charge is -2.09. The molecule has 1 aliphatic carbocycles. The maximum absolute atomic E-state index is 12.9. The summed E-state index contributed by atoms with van der Waals surface area (Å²) < 4.78 is 7.27. The molecule has 0 saturated carbocycles. The van der Waals surface area contributed by atoms with Gasteiger partial charge in [-0.05, 0) is 45.1 Å². The van der Waals surface area contributed by atoms with Crippen molar-refractivity contribution in [3.05, 3.63) is 58.5 Å². The Morgan fingerprint density at radius 3 is 2.71 bits per heavy atom. The number of thioether (sulfide) groups is 1. The molecular formula is C26H30N4O3S2. The number of esters is 1. The van der Waals surface area contributed by atoms with Crippen LogP contribution in [0.15, 0.2) is 42.1 Å². The van der Waals surface area contributed by atoms with E-state index >= 15 is 0 Å². The van der Waals surface area contributed by atoms with Crippen molar-refractivity contribution in [3.8, 4) is 11.4 Å². The van der Waals surface area contributed by atoms with Crippen LogP contribution in [-0.2, 0) is 28.9 Å². The number of rotatable bonds is 9. The number of ether oxygens (including phenoxy) is 1. The van der Waals surface area contributed by atoms with E-state index in [0.717, 1.165) is 49.1 Å². The molecule has 184 valence electrons. The van der Waals surface area contributed by atoms with Crippen molar-refractivity contribution in [2.75, 3.05) is 17.7 Å². The summed E-state index contributed by atoms with van der Waals surface area (Å²) in [6, 6.07) is 8.09. The summed E-state index contributed by atoms with van der Waals surface area (Å²) in [5.41, 5.74) is 3.70. The van der Waals surface area contributed by atoms with Crippen molar-refractivity contribution < 1.29 is 14.3 Å². The molecule has 7 nitrogen and oxygen atoms in total. The van der Waals surface area contributed by atoms with E-state index in [0.29, 0.717) is 28.9 Å². The summed E-state index contributed by atoms with van der Waals surface area (Å²) in [6.07, 6.45) is 6.86. The number of benzene rings is 1. The Hall–Kier alpha value is -2.91. The zero-order valence-corrected chi connectivity index (χ0v) is 21.8. The fraction of sp³-hybridized carbons (Fsp3) is 0.385. The minimum Gasteiger partial charge on any atom is -0.462 e. The minimum absolute atomic E-state index is 0.147. The molecule has 0 saturated heterocycles. The second kappa shape index (κ2) is 11.7. The third kappa shape index (κ3) is 5.85. The van der Waals surface area contributed by atoms with Gasteiger partial charge in [-0.3, -0.25) is 9.36 Å². The molecule has 0 spiro atoms. The maximum atomic E-state index is 12.9. The number of aryl methyl sites for hydroxylation is 2. The molecule has 0 bridgehead atoms. The van der Waals surface area contributed by atoms with Crippen LogP contribution in [0, 0.1) is 6.92 Å². The van der Waals surface area contributed by atoms with Crippen LogP contribution in [0.4, 0.5) is 5.00 Å². The van der Waals surface area contributed by atoms with Crippen LogP contribution in [0.25, 0.3) is 11.4 Å². The summed E-state index contributed by atoms with van der Waals surface area (Å²) in [7, 11) is 0. The van der Waals surface area contributed by atoms with Crippen LogP contribution in [-0.4, -0.2) is 39.0 Å². The number of allylic oxidation sites excluding steroid dienone is 1. The molecule has 0 unspecified atom stereocenters. The minimum atomic E-state index is -0.358. The fourth-order valence-corrected chi connectivity index (χ4v) is 6.19. The van der Waals surface area contributed by atoms with Crippen molar-refractivity contribution in [2.24, 2.45) is 0 Å². The molecule has 3 aromatic rings. The van der Waals surface area contributed by atoms with Crippen LogP contribution in [0.3, 0.4) is 0 Å². The first kappa shape index (κ1) is 25.2. The molecule has 35 heavy (non-hydrogen) atoms. The van der Waals surface area contributed by atoms with Crippen LogP contribution in [0.1, 0.15) is 52.5 Å². The van der Waals surface area contributed by atoms with Gasteiger partial charge < -0.3 is 10.1 Å². The third-order valence-electron chi connectivity index (χ3n) is 5.82. The number of carbonyl (C=O) groups excluding carboxylic acids is 2. The van der Waals surface area contributed by atoms with Gasteiger partial charge in [0.05, 0.1) is 17.9 Å². The standard InChI is InChI=1S/C26H30N4O3S2/c1-4-15-30-23(18-13-11-17(3)12-14-18)28-29-26(30)34-16-21(31)27-24-22(25(32)33-5-2)19-9-7-6-8-10-20(19)35-24/h4,11-14H,1,5-10,15-16H2,2-3H3,(H,27,31). The fourth-order valence-electron chi connectivity index (χ4n) is 4.15. The zero-order chi connectivity index (χ0) is 24.8. The molecule has 1 aromatic carbocycles. The van der Waals surface area contributed by atoms with E-state index in [1.807, 2.05) is 35.8 Å². The van der Waals surface area contributed by atoms with Gasteiger partial charge in [0.25, 0.3) is 0 Å². The van der Waals surface area contributed by atoms with E-state index in [1.54, 1.807) is 13.0 Å². The smallest absolute Gasteiger partial charge is 0.341 e. The topological polar surface area (TPSA) is 86.1 Å². The monoisotopic (exact) mass is 510 g/mol. The summed E-state index contributed by atoms with van der Waals surface area (Å²) >= 11 is 2.82. The van der Waals surface area contributed by atoms with E-state index < -0.39 is 0 Å². The van der Waals surface area contributed by atoms with Gasteiger partial charge in [-0.25, -0.2) is 4.79 Å². The van der Waals surface area contributed by atoms with Gasteiger partial charge in [0, 0.05) is 17.0 Å². The summed E-state index contributed by atoms with van der Waals surface area (Å²) in [6.45, 7) is 8.51. The molecule has 1 aliphatic rings. The average molecular weight is 511 g/mol. The number of amides is 1. The van der Waals surface area contributed by atoms with Gasteiger partial charge in [-0.1, -0.05) is 54.1 Å². The number of thiophene rings is 1. The highest BCUT2D eigenvalue weighted by Gasteiger charge is 2.27. The highest BCUT2D eigenvalue weighted by atomic mass is 32.2. The molecule has 0 fully saturated rings. The lowest BCUT2D eigenvalue weighted by atomic mass is 10.1. The number of nitrogens with zero attached hydrogens (tertiary/aromatic N) is 3. The molecule has 1 amide bonds. The second-order valence-electron chi connectivity index (χ2n) is 8.40. The van der Waals surface area contributed by atoms with E-state index in [-0.39, 0.29) is 17.6 Å². The van der Waals surface area contributed by atoms with E-state index in [9.17, 15) is 9.59 Å². The average Bonchev–Trinajstić information content (AvgIpc) is 3.31. The molecule has 1 N–H and O–H groups in total. The van der Waals surface area contributed by atoms with Crippen LogP contribution >= 0.6 is 23.1 Å². The van der Waals surface area contributed by atoms with Gasteiger partial charge in [0.2, 0.25) is 5.91 Å². The Balaban J connectivity index is 1.50. The number of aromatic nitrogens is 3. The van der Waals surface area contributed by atoms with Gasteiger partial charge in [0.15, 0.2) is 11.0 Å². The van der Waals surface area contributed by atoms with Crippen LogP contribution in [0.5, 0.6) is 0 Å². The molecule has 0 atom stereocenters. The predicted molar refractivity (Wildman–Crippen MR) is 141 cm³/mol. The molecule has 9 heteroatoms. The first-order chi connectivity index (χ1) is 17.0. The Kier molecular flexibility index (Phi) is 8.41. The van der Waals surface area contributed by atoms with Crippen molar-refractivity contribution in [3.63, 3.8) is 0 Å². The first-order valence-corrected chi connectivity index (χ1v) is 13.7. The number of hydrogen-bond acceptors (Lipinski definition) is 7. The van der Waals surface area contributed by atoms with Gasteiger partial charge in [-0.15, -0.1) is 28.1 Å². The predicted octanol–water partition coefficient (Wildman–Crippen LogP) is 5.68. The van der Waals surface area contributed by atoms with Crippen molar-refractivity contribution >= 4 is 40.0 Å². The Morgan fingerprint density at radius 1 is 1.20 bits per heavy atom. The number of carbonyl (C=O) groups is 2. The van der Waals surface area contributed by atoms with Crippen LogP contribution < -0.4 is 5.32 Å². The van der Waals surface area contributed by atoms with Gasteiger partial charge in [0.1, 0.15) is 5.00 Å². The Labute approximate surface area is 214 Å². The normalized spacial score (nSPS) is 13.1. The SMILES string of the molecule is C=CCn1c(SCC(=O)Nc2sc3c(c2C(=O)OCC)CCCCC3)nnc1-c1ccc(C)cc1. The largest absolute Gasteiger partial charge is 0.462 e. The van der Waals surface area contributed by atoms with Crippen LogP contribution in [0.2, 0.25) is 0 Å². The second-order valence-corrected chi connectivity index (χ2v) is 10.4. The molecule has 2 heterocycles. The Bertz CT molecular complexity index is 1210. The summed E-state index contributed by atoms with van der Waals surface area (Å²) in [4.78, 5) is 26.9. The summed E-state index contributed by atoms with van der Waals surface area (Å²) in [5, 5.41) is 12.9. The molecule has 4 rings (SSSR count).